The van der Waals surface area contributed by atoms with Gasteiger partial charge < -0.3 is 9.47 Å². The summed E-state index contributed by atoms with van der Waals surface area (Å²) in [5.41, 5.74) is -1.22. The van der Waals surface area contributed by atoms with Crippen LogP contribution in [0.4, 0.5) is 17.6 Å². The van der Waals surface area contributed by atoms with E-state index in [1.807, 2.05) is 0 Å². The number of aromatic nitrogens is 4. The molecule has 11 heteroatoms. The molecule has 0 bridgehead atoms. The van der Waals surface area contributed by atoms with Gasteiger partial charge in [0.15, 0.2) is 0 Å². The van der Waals surface area contributed by atoms with Crippen LogP contribution < -0.4 is 15.2 Å². The quantitative estimate of drug-likeness (QED) is 0.565. The fourth-order valence-electron chi connectivity index (χ4n) is 2.73. The number of ether oxygens (including phenoxy) is 2. The Kier molecular flexibility index (Phi) is 5.81. The second-order valence-corrected chi connectivity index (χ2v) is 6.64. The number of nitrogens with zero attached hydrogens (tertiary/aromatic N) is 4. The molecule has 0 aliphatic heterocycles. The molecule has 0 fully saturated rings. The number of alkyl halides is 3. The minimum atomic E-state index is -4.73. The lowest BCUT2D eigenvalue weighted by Gasteiger charge is -2.19. The molecular weight excluding hydrogens is 408 g/mol. The van der Waals surface area contributed by atoms with Crippen molar-refractivity contribution in [3.05, 3.63) is 63.8 Å². The minimum Gasteiger partial charge on any atom is -0.491 e. The molecule has 3 aromatic rings. The molecule has 30 heavy (non-hydrogen) atoms. The van der Waals surface area contributed by atoms with Gasteiger partial charge in [0.2, 0.25) is 0 Å². The largest absolute Gasteiger partial charge is 0.491 e. The molecule has 1 aromatic heterocycles. The third kappa shape index (κ3) is 4.44. The summed E-state index contributed by atoms with van der Waals surface area (Å²) in [5, 5.41) is 7.40. The molecule has 7 nitrogen and oxygen atoms in total. The van der Waals surface area contributed by atoms with E-state index in [-0.39, 0.29) is 23.1 Å². The predicted octanol–water partition coefficient (Wildman–Crippen LogP) is 3.49. The van der Waals surface area contributed by atoms with E-state index in [2.05, 4.69) is 10.4 Å². The average molecular weight is 426 g/mol. The van der Waals surface area contributed by atoms with Crippen molar-refractivity contribution in [3.63, 3.8) is 0 Å². The Morgan fingerprint density at radius 2 is 1.83 bits per heavy atom. The van der Waals surface area contributed by atoms with Crippen LogP contribution in [0.15, 0.2) is 41.2 Å². The number of benzene rings is 2. The van der Waals surface area contributed by atoms with E-state index in [1.54, 1.807) is 26.0 Å². The van der Waals surface area contributed by atoms with Crippen molar-refractivity contribution in [2.24, 2.45) is 7.05 Å². The van der Waals surface area contributed by atoms with Crippen LogP contribution in [0.3, 0.4) is 0 Å². The van der Waals surface area contributed by atoms with Crippen molar-refractivity contribution in [1.82, 2.24) is 19.8 Å². The zero-order chi connectivity index (χ0) is 22.1. The Morgan fingerprint density at radius 1 is 1.10 bits per heavy atom. The Hall–Kier alpha value is -3.37. The smallest absolute Gasteiger partial charge is 0.419 e. The molecule has 2 aromatic carbocycles. The Bertz CT molecular complexity index is 1110. The second-order valence-electron chi connectivity index (χ2n) is 6.64. The second kappa shape index (κ2) is 8.17. The molecule has 0 atom stereocenters. The van der Waals surface area contributed by atoms with Crippen molar-refractivity contribution < 1.29 is 27.0 Å². The van der Waals surface area contributed by atoms with Crippen LogP contribution in [0.25, 0.3) is 5.69 Å². The standard InChI is InChI=1S/C19H18F4N4O3/c1-11(2)30-16-6-4-5-15(27-18(28)26(3)24-25-27)13(16)10-29-17-9-12(20)7-8-14(17)19(21,22)23/h4-9,11H,10H2,1-3H3. The molecule has 0 N–H and O–H groups in total. The van der Waals surface area contributed by atoms with Crippen LogP contribution in [0.2, 0.25) is 0 Å². The van der Waals surface area contributed by atoms with Gasteiger partial charge in [-0.3, -0.25) is 0 Å². The highest BCUT2D eigenvalue weighted by Gasteiger charge is 2.34. The molecule has 0 radical (unpaired) electrons. The summed E-state index contributed by atoms with van der Waals surface area (Å²) in [6, 6.07) is 6.67. The Labute approximate surface area is 168 Å². The van der Waals surface area contributed by atoms with Gasteiger partial charge in [-0.1, -0.05) is 6.07 Å². The summed E-state index contributed by atoms with van der Waals surface area (Å²) in [5.74, 6) is -1.28. The molecule has 3 rings (SSSR count). The number of tetrazole rings is 1. The molecule has 1 heterocycles. The highest BCUT2D eigenvalue weighted by molar-refractivity contribution is 5.49. The van der Waals surface area contributed by atoms with E-state index in [4.69, 9.17) is 9.47 Å². The lowest BCUT2D eigenvalue weighted by Crippen LogP contribution is -2.23. The number of halogens is 4. The first kappa shape index (κ1) is 21.3. The zero-order valence-electron chi connectivity index (χ0n) is 16.3. The van der Waals surface area contributed by atoms with Gasteiger partial charge in [0.05, 0.1) is 22.9 Å². The van der Waals surface area contributed by atoms with E-state index in [9.17, 15) is 22.4 Å². The first-order chi connectivity index (χ1) is 14.1. The van der Waals surface area contributed by atoms with Crippen molar-refractivity contribution in [2.75, 3.05) is 0 Å². The van der Waals surface area contributed by atoms with Gasteiger partial charge >= 0.3 is 11.9 Å². The number of hydrogen-bond acceptors (Lipinski definition) is 5. The number of rotatable bonds is 6. The van der Waals surface area contributed by atoms with Gasteiger partial charge in [-0.25, -0.2) is 9.18 Å². The van der Waals surface area contributed by atoms with Crippen molar-refractivity contribution >= 4 is 0 Å². The van der Waals surface area contributed by atoms with E-state index >= 15 is 0 Å². The van der Waals surface area contributed by atoms with E-state index in [0.29, 0.717) is 18.2 Å². The summed E-state index contributed by atoms with van der Waals surface area (Å²) >= 11 is 0. The van der Waals surface area contributed by atoms with Gasteiger partial charge in [-0.15, -0.1) is 0 Å². The van der Waals surface area contributed by atoms with Crippen LogP contribution in [-0.2, 0) is 19.8 Å². The monoisotopic (exact) mass is 426 g/mol. The summed E-state index contributed by atoms with van der Waals surface area (Å²) in [7, 11) is 1.40. The van der Waals surface area contributed by atoms with Gasteiger partial charge in [-0.2, -0.15) is 22.5 Å². The third-order valence-corrected chi connectivity index (χ3v) is 4.04. The van der Waals surface area contributed by atoms with Crippen LogP contribution in [0.1, 0.15) is 25.0 Å². The van der Waals surface area contributed by atoms with E-state index in [1.165, 1.54) is 13.1 Å². The lowest BCUT2D eigenvalue weighted by molar-refractivity contribution is -0.139. The van der Waals surface area contributed by atoms with Crippen molar-refractivity contribution in [2.45, 2.75) is 32.7 Å². The molecular formula is C19H18F4N4O3. The van der Waals surface area contributed by atoms with Crippen LogP contribution in [-0.4, -0.2) is 25.9 Å². The third-order valence-electron chi connectivity index (χ3n) is 4.04. The van der Waals surface area contributed by atoms with Gasteiger partial charge in [-0.05, 0) is 48.5 Å². The molecule has 0 saturated heterocycles. The summed E-state index contributed by atoms with van der Waals surface area (Å²) < 4.78 is 66.4. The SMILES string of the molecule is CC(C)Oc1cccc(-n2nnn(C)c2=O)c1COc1cc(F)ccc1C(F)(F)F. The van der Waals surface area contributed by atoms with Gasteiger partial charge in [0.25, 0.3) is 0 Å². The molecule has 0 aliphatic rings. The fourth-order valence-corrected chi connectivity index (χ4v) is 2.73. The summed E-state index contributed by atoms with van der Waals surface area (Å²) in [6.07, 6.45) is -5.00. The highest BCUT2D eigenvalue weighted by Crippen LogP contribution is 2.37. The van der Waals surface area contributed by atoms with Crippen molar-refractivity contribution in [3.8, 4) is 17.2 Å². The lowest BCUT2D eigenvalue weighted by atomic mass is 10.1. The topological polar surface area (TPSA) is 71.2 Å². The summed E-state index contributed by atoms with van der Waals surface area (Å²) in [6.45, 7) is 3.09. The van der Waals surface area contributed by atoms with Gasteiger partial charge in [0.1, 0.15) is 23.9 Å². The normalized spacial score (nSPS) is 11.7. The maximum absolute atomic E-state index is 13.6. The molecule has 160 valence electrons. The van der Waals surface area contributed by atoms with Crippen LogP contribution in [0, 0.1) is 5.82 Å². The first-order valence-electron chi connectivity index (χ1n) is 8.85. The molecule has 0 unspecified atom stereocenters. The summed E-state index contributed by atoms with van der Waals surface area (Å²) in [4.78, 5) is 12.3. The average Bonchev–Trinajstić information content (AvgIpc) is 2.98. The molecule has 0 aliphatic carbocycles. The number of hydrogen-bond donors (Lipinski definition) is 0. The van der Waals surface area contributed by atoms with Crippen molar-refractivity contribution in [1.29, 1.82) is 0 Å². The molecule has 0 amide bonds. The van der Waals surface area contributed by atoms with E-state index in [0.717, 1.165) is 9.36 Å². The molecule has 0 saturated carbocycles. The first-order valence-corrected chi connectivity index (χ1v) is 8.85. The van der Waals surface area contributed by atoms with E-state index < -0.39 is 35.6 Å². The van der Waals surface area contributed by atoms with Crippen LogP contribution in [0.5, 0.6) is 11.5 Å². The van der Waals surface area contributed by atoms with Crippen LogP contribution >= 0.6 is 0 Å². The highest BCUT2D eigenvalue weighted by atomic mass is 19.4. The number of aryl methyl sites for hydroxylation is 1. The fraction of sp³-hybridized carbons (Fsp3) is 0.316. The Morgan fingerprint density at radius 3 is 2.43 bits per heavy atom. The van der Waals surface area contributed by atoms with Gasteiger partial charge in [0, 0.05) is 13.1 Å². The predicted molar refractivity (Wildman–Crippen MR) is 98.1 cm³/mol. The molecule has 0 spiro atoms. The zero-order valence-corrected chi connectivity index (χ0v) is 16.3. The minimum absolute atomic E-state index is 0.219. The Balaban J connectivity index is 2.06. The maximum atomic E-state index is 13.6. The maximum Gasteiger partial charge on any atom is 0.419 e.